The number of halogens is 3. The fraction of sp³-hybridized carbons (Fsp3) is 0.375. The molecule has 4 rings (SSSR count). The number of thiocarbonyl (C=S) groups is 1. The largest absolute Gasteiger partial charge is 0.465 e. The Kier molecular flexibility index (Phi) is 7.46. The summed E-state index contributed by atoms with van der Waals surface area (Å²) in [7, 11) is 1.33. The lowest BCUT2D eigenvalue weighted by atomic mass is 10.0. The number of hydrogen-bond acceptors (Lipinski definition) is 5. The summed E-state index contributed by atoms with van der Waals surface area (Å²) >= 11 is 6.81. The summed E-state index contributed by atoms with van der Waals surface area (Å²) in [6.45, 7) is 2.71. The Hall–Kier alpha value is -2.92. The molecule has 2 N–H and O–H groups in total. The van der Waals surface area contributed by atoms with Crippen LogP contribution in [-0.2, 0) is 17.5 Å². The maximum atomic E-state index is 13.1. The lowest BCUT2D eigenvalue weighted by Crippen LogP contribution is -2.30. The molecule has 3 aromatic rings. The van der Waals surface area contributed by atoms with Crippen LogP contribution in [0, 0.1) is 6.92 Å². The van der Waals surface area contributed by atoms with Crippen molar-refractivity contribution >= 4 is 39.6 Å². The van der Waals surface area contributed by atoms with Crippen molar-refractivity contribution in [3.63, 3.8) is 0 Å². The topological polar surface area (TPSA) is 68.2 Å². The summed E-state index contributed by atoms with van der Waals surface area (Å²) in [5, 5.41) is 10.8. The lowest BCUT2D eigenvalue weighted by molar-refractivity contribution is -0.141. The SMILES string of the molecule is COC(=O)c1c(NC(=S)NCCCn2nc(C(F)(F)F)cc2C2CC2)sc(C)c1-c1ccccc1. The number of alkyl halides is 3. The monoisotopic (exact) mass is 522 g/mol. The molecule has 0 aliphatic heterocycles. The molecule has 186 valence electrons. The number of esters is 1. The first-order valence-electron chi connectivity index (χ1n) is 11.2. The Labute approximate surface area is 210 Å². The number of anilines is 1. The molecule has 0 atom stereocenters. The van der Waals surface area contributed by atoms with E-state index in [9.17, 15) is 18.0 Å². The molecule has 35 heavy (non-hydrogen) atoms. The number of carbonyl (C=O) groups excluding carboxylic acids is 1. The highest BCUT2D eigenvalue weighted by molar-refractivity contribution is 7.80. The van der Waals surface area contributed by atoms with E-state index in [1.807, 2.05) is 37.3 Å². The van der Waals surface area contributed by atoms with Crippen molar-refractivity contribution in [2.45, 2.75) is 44.8 Å². The molecule has 1 aliphatic carbocycles. The minimum absolute atomic E-state index is 0.159. The number of nitrogens with zero attached hydrogens (tertiary/aromatic N) is 2. The van der Waals surface area contributed by atoms with Gasteiger partial charge in [0.2, 0.25) is 0 Å². The van der Waals surface area contributed by atoms with Gasteiger partial charge >= 0.3 is 12.1 Å². The van der Waals surface area contributed by atoms with Crippen molar-refractivity contribution < 1.29 is 22.7 Å². The third kappa shape index (κ3) is 5.84. The van der Waals surface area contributed by atoms with E-state index < -0.39 is 17.8 Å². The predicted molar refractivity (Wildman–Crippen MR) is 134 cm³/mol. The second-order valence-electron chi connectivity index (χ2n) is 8.28. The zero-order valence-electron chi connectivity index (χ0n) is 19.2. The van der Waals surface area contributed by atoms with Gasteiger partial charge in [-0.3, -0.25) is 4.68 Å². The number of methoxy groups -OCH3 is 1. The lowest BCUT2D eigenvalue weighted by Gasteiger charge is -2.12. The Morgan fingerprint density at radius 3 is 2.63 bits per heavy atom. The molecule has 0 amide bonds. The van der Waals surface area contributed by atoms with E-state index in [1.165, 1.54) is 23.1 Å². The van der Waals surface area contributed by atoms with Gasteiger partial charge in [-0.15, -0.1) is 11.3 Å². The molecule has 1 saturated carbocycles. The number of rotatable bonds is 8. The first kappa shape index (κ1) is 25.2. The Balaban J connectivity index is 1.39. The van der Waals surface area contributed by atoms with Gasteiger partial charge < -0.3 is 15.4 Å². The van der Waals surface area contributed by atoms with Crippen LogP contribution in [0.3, 0.4) is 0 Å². The van der Waals surface area contributed by atoms with Crippen LogP contribution in [0.25, 0.3) is 11.1 Å². The van der Waals surface area contributed by atoms with Crippen molar-refractivity contribution in [1.82, 2.24) is 15.1 Å². The zero-order valence-corrected chi connectivity index (χ0v) is 20.9. The Morgan fingerprint density at radius 2 is 2.00 bits per heavy atom. The number of aryl methyl sites for hydroxylation is 2. The van der Waals surface area contributed by atoms with Gasteiger partial charge in [-0.05, 0) is 50.0 Å². The fourth-order valence-corrected chi connectivity index (χ4v) is 5.25. The van der Waals surface area contributed by atoms with Crippen LogP contribution < -0.4 is 10.6 Å². The summed E-state index contributed by atoms with van der Waals surface area (Å²) in [6, 6.07) is 10.7. The molecule has 2 heterocycles. The molecule has 1 fully saturated rings. The number of ether oxygens (including phenoxy) is 1. The number of carbonyl (C=O) groups is 1. The molecule has 1 aromatic carbocycles. The summed E-state index contributed by atoms with van der Waals surface area (Å²) < 4.78 is 45.7. The highest BCUT2D eigenvalue weighted by atomic mass is 32.1. The minimum atomic E-state index is -4.45. The van der Waals surface area contributed by atoms with Crippen LogP contribution in [0.4, 0.5) is 18.2 Å². The molecule has 0 radical (unpaired) electrons. The highest BCUT2D eigenvalue weighted by Gasteiger charge is 2.37. The molecule has 0 spiro atoms. The molecule has 6 nitrogen and oxygen atoms in total. The first-order valence-corrected chi connectivity index (χ1v) is 12.4. The van der Waals surface area contributed by atoms with Crippen LogP contribution in [0.2, 0.25) is 0 Å². The number of aromatic nitrogens is 2. The normalized spacial score (nSPS) is 13.5. The molecule has 2 aromatic heterocycles. The molecular formula is C24H25F3N4O2S2. The van der Waals surface area contributed by atoms with Gasteiger partial charge in [-0.25, -0.2) is 4.79 Å². The molecular weight excluding hydrogens is 497 g/mol. The first-order chi connectivity index (χ1) is 16.7. The molecule has 0 saturated heterocycles. The zero-order chi connectivity index (χ0) is 25.2. The molecule has 11 heteroatoms. The van der Waals surface area contributed by atoms with E-state index in [1.54, 1.807) is 0 Å². The Morgan fingerprint density at radius 1 is 1.29 bits per heavy atom. The van der Waals surface area contributed by atoms with Crippen LogP contribution in [-0.4, -0.2) is 34.5 Å². The van der Waals surface area contributed by atoms with E-state index in [2.05, 4.69) is 15.7 Å². The number of benzene rings is 1. The van der Waals surface area contributed by atoms with Gasteiger partial charge in [-0.2, -0.15) is 18.3 Å². The average molecular weight is 523 g/mol. The predicted octanol–water partition coefficient (Wildman–Crippen LogP) is 5.98. The van der Waals surface area contributed by atoms with Crippen molar-refractivity contribution in [1.29, 1.82) is 0 Å². The van der Waals surface area contributed by atoms with Crippen LogP contribution in [0.5, 0.6) is 0 Å². The third-order valence-corrected chi connectivity index (χ3v) is 6.96. The summed E-state index contributed by atoms with van der Waals surface area (Å²) in [6.07, 6.45) is -2.14. The van der Waals surface area contributed by atoms with Crippen LogP contribution in [0.15, 0.2) is 36.4 Å². The number of hydrogen-bond donors (Lipinski definition) is 2. The maximum absolute atomic E-state index is 13.1. The number of thiophene rings is 1. The molecule has 0 bridgehead atoms. The Bertz CT molecular complexity index is 1220. The van der Waals surface area contributed by atoms with Gasteiger partial charge in [0.05, 0.1) is 7.11 Å². The van der Waals surface area contributed by atoms with E-state index in [-0.39, 0.29) is 5.92 Å². The molecule has 1 aliphatic rings. The fourth-order valence-electron chi connectivity index (χ4n) is 3.92. The smallest absolute Gasteiger partial charge is 0.435 e. The number of nitrogens with one attached hydrogen (secondary N) is 2. The van der Waals surface area contributed by atoms with Gasteiger partial charge in [0.25, 0.3) is 0 Å². The third-order valence-electron chi connectivity index (χ3n) is 5.69. The summed E-state index contributed by atoms with van der Waals surface area (Å²) in [5.74, 6) is -0.308. The van der Waals surface area contributed by atoms with Crippen molar-refractivity contribution in [2.24, 2.45) is 0 Å². The quantitative estimate of drug-likeness (QED) is 0.216. The molecule has 0 unspecified atom stereocenters. The average Bonchev–Trinajstić information content (AvgIpc) is 3.48. The van der Waals surface area contributed by atoms with E-state index in [4.69, 9.17) is 17.0 Å². The van der Waals surface area contributed by atoms with Gasteiger partial charge in [0, 0.05) is 35.1 Å². The highest BCUT2D eigenvalue weighted by Crippen LogP contribution is 2.42. The van der Waals surface area contributed by atoms with Crippen LogP contribution >= 0.6 is 23.6 Å². The van der Waals surface area contributed by atoms with E-state index >= 15 is 0 Å². The van der Waals surface area contributed by atoms with E-state index in [0.29, 0.717) is 40.9 Å². The summed E-state index contributed by atoms with van der Waals surface area (Å²) in [5.41, 5.74) is 1.90. The van der Waals surface area contributed by atoms with Crippen molar-refractivity contribution in [3.8, 4) is 11.1 Å². The van der Waals surface area contributed by atoms with Gasteiger partial charge in [0.1, 0.15) is 10.6 Å². The van der Waals surface area contributed by atoms with Crippen LogP contribution in [0.1, 0.15) is 51.8 Å². The van der Waals surface area contributed by atoms with Crippen molar-refractivity contribution in [3.05, 3.63) is 58.2 Å². The minimum Gasteiger partial charge on any atom is -0.465 e. The standard InChI is InChI=1S/C24H25F3N4O2S2/c1-14-19(16-7-4-3-5-8-16)20(22(32)33-2)21(35-14)29-23(34)28-11-6-12-31-17(15-9-10-15)13-18(30-31)24(25,26)27/h3-5,7-8,13,15H,6,9-12H2,1-2H3,(H2,28,29,34). The second kappa shape index (κ2) is 10.4. The summed E-state index contributed by atoms with van der Waals surface area (Å²) in [4.78, 5) is 13.5. The second-order valence-corrected chi connectivity index (χ2v) is 9.91. The van der Waals surface area contributed by atoms with Gasteiger partial charge in [-0.1, -0.05) is 30.3 Å². The van der Waals surface area contributed by atoms with E-state index in [0.717, 1.165) is 34.9 Å². The van der Waals surface area contributed by atoms with Gasteiger partial charge in [0.15, 0.2) is 10.8 Å². The maximum Gasteiger partial charge on any atom is 0.435 e. The van der Waals surface area contributed by atoms with Crippen molar-refractivity contribution in [2.75, 3.05) is 19.0 Å².